The number of unbranched alkanes of at least 4 members (excludes halogenated alkanes) is 4. The molecule has 0 amide bonds. The van der Waals surface area contributed by atoms with Crippen LogP contribution >= 0.6 is 11.3 Å². The first-order valence-electron chi connectivity index (χ1n) is 7.07. The third-order valence-corrected chi connectivity index (χ3v) is 4.63. The predicted molar refractivity (Wildman–Crippen MR) is 82.2 cm³/mol. The summed E-state index contributed by atoms with van der Waals surface area (Å²) in [5.74, 6) is -0.655. The molecule has 2 rings (SSSR count). The molecule has 108 valence electrons. The SMILES string of the molecule is CCCCCCCc1sc2ccc(F)cc2c(=O)c1O. The minimum absolute atomic E-state index is 0.205. The van der Waals surface area contributed by atoms with Crippen LogP contribution in [0.4, 0.5) is 4.39 Å². The molecule has 1 heterocycles. The van der Waals surface area contributed by atoms with E-state index in [9.17, 15) is 14.3 Å². The highest BCUT2D eigenvalue weighted by Gasteiger charge is 2.11. The van der Waals surface area contributed by atoms with Gasteiger partial charge in [-0.1, -0.05) is 32.6 Å². The molecule has 2 aromatic rings. The summed E-state index contributed by atoms with van der Waals surface area (Å²) >= 11 is 1.38. The van der Waals surface area contributed by atoms with Crippen LogP contribution in [0.15, 0.2) is 23.0 Å². The van der Waals surface area contributed by atoms with E-state index in [1.165, 1.54) is 42.7 Å². The van der Waals surface area contributed by atoms with Crippen LogP contribution in [0, 0.1) is 5.82 Å². The fraction of sp³-hybridized carbons (Fsp3) is 0.438. The largest absolute Gasteiger partial charge is 0.503 e. The average Bonchev–Trinajstić information content (AvgIpc) is 2.44. The highest BCUT2D eigenvalue weighted by molar-refractivity contribution is 7.18. The van der Waals surface area contributed by atoms with Crippen LogP contribution in [0.25, 0.3) is 10.1 Å². The lowest BCUT2D eigenvalue weighted by atomic mass is 10.1. The zero-order chi connectivity index (χ0) is 14.5. The third-order valence-electron chi connectivity index (χ3n) is 3.41. The summed E-state index contributed by atoms with van der Waals surface area (Å²) in [5, 5.41) is 10.2. The Morgan fingerprint density at radius 2 is 1.95 bits per heavy atom. The van der Waals surface area contributed by atoms with Crippen molar-refractivity contribution in [3.63, 3.8) is 0 Å². The van der Waals surface area contributed by atoms with Crippen molar-refractivity contribution in [3.8, 4) is 5.75 Å². The Labute approximate surface area is 121 Å². The Morgan fingerprint density at radius 1 is 1.20 bits per heavy atom. The summed E-state index contributed by atoms with van der Waals surface area (Å²) in [6, 6.07) is 4.15. The maximum absolute atomic E-state index is 13.2. The molecule has 1 N–H and O–H groups in total. The lowest BCUT2D eigenvalue weighted by Crippen LogP contribution is -2.03. The molecule has 0 bridgehead atoms. The maximum Gasteiger partial charge on any atom is 0.229 e. The van der Waals surface area contributed by atoms with Crippen LogP contribution in [0.5, 0.6) is 5.75 Å². The van der Waals surface area contributed by atoms with Crippen LogP contribution < -0.4 is 5.43 Å². The number of fused-ring (bicyclic) bond motifs is 1. The minimum atomic E-state index is -0.457. The predicted octanol–water partition coefficient (Wildman–Crippen LogP) is 4.62. The third kappa shape index (κ3) is 3.37. The van der Waals surface area contributed by atoms with Crippen LogP contribution in [-0.4, -0.2) is 5.11 Å². The molecule has 0 spiro atoms. The van der Waals surface area contributed by atoms with Crippen LogP contribution in [0.1, 0.15) is 43.9 Å². The highest BCUT2D eigenvalue weighted by atomic mass is 32.1. The molecule has 0 atom stereocenters. The number of aromatic hydroxyl groups is 1. The van der Waals surface area contributed by atoms with Crippen molar-refractivity contribution in [1.29, 1.82) is 0 Å². The molecule has 1 aromatic carbocycles. The molecule has 20 heavy (non-hydrogen) atoms. The van der Waals surface area contributed by atoms with E-state index >= 15 is 0 Å². The molecule has 2 nitrogen and oxygen atoms in total. The molecule has 0 aliphatic carbocycles. The lowest BCUT2D eigenvalue weighted by molar-refractivity contribution is 0.465. The summed E-state index contributed by atoms with van der Waals surface area (Å²) in [6.45, 7) is 2.17. The van der Waals surface area contributed by atoms with Gasteiger partial charge in [-0.3, -0.25) is 4.79 Å². The molecular weight excluding hydrogens is 275 g/mol. The molecule has 0 saturated carbocycles. The van der Waals surface area contributed by atoms with Gasteiger partial charge in [-0.15, -0.1) is 11.3 Å². The normalized spacial score (nSPS) is 11.1. The van der Waals surface area contributed by atoms with E-state index in [-0.39, 0.29) is 11.1 Å². The van der Waals surface area contributed by atoms with E-state index < -0.39 is 11.2 Å². The van der Waals surface area contributed by atoms with Crippen LogP contribution in [-0.2, 0) is 6.42 Å². The van der Waals surface area contributed by atoms with Crippen molar-refractivity contribution >= 4 is 21.4 Å². The molecule has 0 aliphatic rings. The van der Waals surface area contributed by atoms with Crippen molar-refractivity contribution in [3.05, 3.63) is 39.1 Å². The van der Waals surface area contributed by atoms with Gasteiger partial charge in [0, 0.05) is 10.1 Å². The van der Waals surface area contributed by atoms with E-state index in [1.807, 2.05) is 0 Å². The molecule has 4 heteroatoms. The zero-order valence-electron chi connectivity index (χ0n) is 11.6. The van der Waals surface area contributed by atoms with E-state index in [4.69, 9.17) is 0 Å². The summed E-state index contributed by atoms with van der Waals surface area (Å²) < 4.78 is 13.9. The Bertz CT molecular complexity index is 649. The average molecular weight is 294 g/mol. The first kappa shape index (κ1) is 15.0. The topological polar surface area (TPSA) is 37.3 Å². The highest BCUT2D eigenvalue weighted by Crippen LogP contribution is 2.28. The number of hydrogen-bond donors (Lipinski definition) is 1. The van der Waals surface area contributed by atoms with Gasteiger partial charge in [-0.05, 0) is 31.0 Å². The molecular formula is C16H19FO2S. The standard InChI is InChI=1S/C16H19FO2S/c1-2-3-4-5-6-7-14-16(19)15(18)12-10-11(17)8-9-13(12)20-14/h8-10,19H,2-7H2,1H3. The number of benzene rings is 1. The number of hydrogen-bond acceptors (Lipinski definition) is 3. The van der Waals surface area contributed by atoms with Crippen molar-refractivity contribution in [2.45, 2.75) is 45.4 Å². The van der Waals surface area contributed by atoms with Gasteiger partial charge in [-0.25, -0.2) is 4.39 Å². The monoisotopic (exact) mass is 294 g/mol. The van der Waals surface area contributed by atoms with Gasteiger partial charge < -0.3 is 5.11 Å². The van der Waals surface area contributed by atoms with E-state index in [0.717, 1.165) is 17.5 Å². The van der Waals surface area contributed by atoms with E-state index in [0.29, 0.717) is 11.3 Å². The Hall–Kier alpha value is -1.42. The fourth-order valence-electron chi connectivity index (χ4n) is 2.26. The van der Waals surface area contributed by atoms with Crippen LogP contribution in [0.2, 0.25) is 0 Å². The number of aryl methyl sites for hydroxylation is 1. The van der Waals surface area contributed by atoms with E-state index in [2.05, 4.69) is 6.92 Å². The molecule has 0 fully saturated rings. The Balaban J connectivity index is 2.20. The van der Waals surface area contributed by atoms with Gasteiger partial charge in [0.05, 0.1) is 4.88 Å². The van der Waals surface area contributed by atoms with Gasteiger partial charge in [0.1, 0.15) is 5.82 Å². The summed E-state index contributed by atoms with van der Waals surface area (Å²) in [6.07, 6.45) is 6.39. The molecule has 0 saturated heterocycles. The summed E-state index contributed by atoms with van der Waals surface area (Å²) in [4.78, 5) is 12.7. The van der Waals surface area contributed by atoms with Gasteiger partial charge in [0.25, 0.3) is 0 Å². The first-order valence-corrected chi connectivity index (χ1v) is 7.89. The Morgan fingerprint density at radius 3 is 2.70 bits per heavy atom. The molecule has 0 unspecified atom stereocenters. The smallest absolute Gasteiger partial charge is 0.229 e. The zero-order valence-corrected chi connectivity index (χ0v) is 12.4. The second-order valence-electron chi connectivity index (χ2n) is 5.01. The lowest BCUT2D eigenvalue weighted by Gasteiger charge is -2.05. The summed E-state index contributed by atoms with van der Waals surface area (Å²) in [7, 11) is 0. The van der Waals surface area contributed by atoms with Gasteiger partial charge in [0.15, 0.2) is 5.75 Å². The first-order chi connectivity index (χ1) is 9.63. The van der Waals surface area contributed by atoms with Gasteiger partial charge in [0.2, 0.25) is 5.43 Å². The van der Waals surface area contributed by atoms with Crippen molar-refractivity contribution in [1.82, 2.24) is 0 Å². The molecule has 0 aliphatic heterocycles. The summed E-state index contributed by atoms with van der Waals surface area (Å²) in [5.41, 5.74) is -0.457. The minimum Gasteiger partial charge on any atom is -0.503 e. The quantitative estimate of drug-likeness (QED) is 0.789. The fourth-order valence-corrected chi connectivity index (χ4v) is 3.36. The number of rotatable bonds is 6. The van der Waals surface area contributed by atoms with Crippen molar-refractivity contribution in [2.75, 3.05) is 0 Å². The van der Waals surface area contributed by atoms with Gasteiger partial charge >= 0.3 is 0 Å². The second-order valence-corrected chi connectivity index (χ2v) is 6.14. The molecule has 0 radical (unpaired) electrons. The molecule has 1 aromatic heterocycles. The van der Waals surface area contributed by atoms with Crippen LogP contribution in [0.3, 0.4) is 0 Å². The van der Waals surface area contributed by atoms with Gasteiger partial charge in [-0.2, -0.15) is 0 Å². The van der Waals surface area contributed by atoms with E-state index in [1.54, 1.807) is 6.07 Å². The second kappa shape index (κ2) is 6.84. The number of halogens is 1. The van der Waals surface area contributed by atoms with Crippen molar-refractivity contribution in [2.24, 2.45) is 0 Å². The maximum atomic E-state index is 13.2. The Kier molecular flexibility index (Phi) is 5.12. The van der Waals surface area contributed by atoms with Crippen molar-refractivity contribution < 1.29 is 9.50 Å².